The first-order valence-corrected chi connectivity index (χ1v) is 32.4. The van der Waals surface area contributed by atoms with E-state index in [2.05, 4.69) is 23.1 Å². The van der Waals surface area contributed by atoms with Crippen molar-refractivity contribution < 1.29 is 76.2 Å². The number of ketones is 1. The van der Waals surface area contributed by atoms with Crippen LogP contribution in [0, 0.1) is 17.8 Å². The molecule has 2 aliphatic heterocycles. The van der Waals surface area contributed by atoms with Crippen molar-refractivity contribution >= 4 is 39.2 Å². The highest BCUT2D eigenvalue weighted by Crippen LogP contribution is 2.60. The van der Waals surface area contributed by atoms with E-state index in [-0.39, 0.29) is 31.5 Å². The molecule has 3 unspecified atom stereocenters. The number of anilines is 1. The number of nitrogens with zero attached hydrogens (tertiary/aromatic N) is 2. The maximum Gasteiger partial charge on any atom is 0.481 e. The summed E-state index contributed by atoms with van der Waals surface area (Å²) in [5, 5.41) is 33.9. The van der Waals surface area contributed by atoms with Crippen molar-refractivity contribution in [3.8, 4) is 0 Å². The van der Waals surface area contributed by atoms with Gasteiger partial charge in [-0.05, 0) is 50.2 Å². The van der Waals surface area contributed by atoms with E-state index in [0.29, 0.717) is 25.7 Å². The summed E-state index contributed by atoms with van der Waals surface area (Å²) in [6.07, 6.45) is 27.7. The van der Waals surface area contributed by atoms with E-state index in [4.69, 9.17) is 29.0 Å². The minimum Gasteiger partial charge on any atom is -0.462 e. The first kappa shape index (κ1) is 69.9. The fraction of sp³-hybridized carbons (Fsp3) is 0.772. The number of phosphoric ester groups is 2. The average Bonchev–Trinajstić information content (AvgIpc) is 3.42. The number of cyclic esters (lactones) is 1. The van der Waals surface area contributed by atoms with Crippen LogP contribution in [-0.2, 0) is 51.1 Å². The maximum atomic E-state index is 13.8. The van der Waals surface area contributed by atoms with Crippen molar-refractivity contribution in [1.29, 1.82) is 0 Å². The number of ether oxygens (including phenoxy) is 3. The molecule has 79 heavy (non-hydrogen) atoms. The van der Waals surface area contributed by atoms with Crippen molar-refractivity contribution in [2.75, 3.05) is 25.6 Å². The number of carbonyl (C=O) groups is 3. The van der Waals surface area contributed by atoms with Crippen molar-refractivity contribution in [3.05, 3.63) is 59.2 Å². The number of phosphoric acid groups is 2. The minimum atomic E-state index is -5.68. The average molecular weight is 1160 g/mol. The number of esters is 2. The number of carbonyl (C=O) groups excluding carboxylic acids is 3. The second-order valence-corrected chi connectivity index (χ2v) is 24.5. The van der Waals surface area contributed by atoms with Crippen LogP contribution in [0.4, 0.5) is 5.82 Å². The fourth-order valence-corrected chi connectivity index (χ4v) is 11.5. The van der Waals surface area contributed by atoms with Gasteiger partial charge in [-0.1, -0.05) is 192 Å². The molecule has 11 atom stereocenters. The van der Waals surface area contributed by atoms with Crippen LogP contribution in [-0.4, -0.2) is 103 Å². The first-order valence-electron chi connectivity index (χ1n) is 29.4. The van der Waals surface area contributed by atoms with Gasteiger partial charge in [-0.3, -0.25) is 28.0 Å². The van der Waals surface area contributed by atoms with E-state index in [0.717, 1.165) is 55.1 Å². The first-order chi connectivity index (χ1) is 37.8. The van der Waals surface area contributed by atoms with Gasteiger partial charge in [0.1, 0.15) is 30.9 Å². The Hall–Kier alpha value is -3.39. The van der Waals surface area contributed by atoms with Gasteiger partial charge in [0.15, 0.2) is 11.9 Å². The van der Waals surface area contributed by atoms with E-state index in [9.17, 15) is 53.4 Å². The third-order valence-electron chi connectivity index (χ3n) is 14.5. The van der Waals surface area contributed by atoms with Gasteiger partial charge in [0.2, 0.25) is 0 Å². The van der Waals surface area contributed by atoms with Gasteiger partial charge in [-0.2, -0.15) is 9.29 Å². The second kappa shape index (κ2) is 39.9. The predicted molar refractivity (Wildman–Crippen MR) is 302 cm³/mol. The molecule has 0 amide bonds. The predicted octanol–water partition coefficient (Wildman–Crippen LogP) is 11.0. The lowest BCUT2D eigenvalue weighted by Gasteiger charge is -2.36. The summed E-state index contributed by atoms with van der Waals surface area (Å²) in [7, 11) is -11.2. The Morgan fingerprint density at radius 2 is 1.41 bits per heavy atom. The van der Waals surface area contributed by atoms with Crippen molar-refractivity contribution in [2.24, 2.45) is 17.8 Å². The number of aliphatic hydroxyl groups excluding tert-OH is 3. The molecule has 2 aliphatic rings. The summed E-state index contributed by atoms with van der Waals surface area (Å²) >= 11 is 0. The summed E-state index contributed by atoms with van der Waals surface area (Å²) in [6, 6.07) is 1.28. The van der Waals surface area contributed by atoms with Gasteiger partial charge in [0.05, 0.1) is 31.3 Å². The van der Waals surface area contributed by atoms with Crippen molar-refractivity contribution in [1.82, 2.24) is 9.55 Å². The van der Waals surface area contributed by atoms with Crippen LogP contribution in [0.15, 0.2) is 53.5 Å². The molecule has 22 heteroatoms. The Morgan fingerprint density at radius 3 is 2.00 bits per heavy atom. The van der Waals surface area contributed by atoms with Gasteiger partial charge in [0, 0.05) is 25.0 Å². The lowest BCUT2D eigenvalue weighted by atomic mass is 9.88. The van der Waals surface area contributed by atoms with Crippen LogP contribution in [0.25, 0.3) is 0 Å². The highest BCUT2D eigenvalue weighted by atomic mass is 31.3. The van der Waals surface area contributed by atoms with Crippen LogP contribution >= 0.6 is 15.6 Å². The van der Waals surface area contributed by atoms with E-state index in [1.165, 1.54) is 127 Å². The standard InChI is InChI=1S/C57H97N3O17P2/c1-4-6-25-32-46(61)36-37-48-49(62)38-35-45-31-27-23-24-29-34-53(64)75-47(41-72-52(63)33-28-22-20-18-16-14-12-10-8-7-9-11-13-15-17-19-21-26-30-44(3)5-2)42-73-78(68,69)77-79(70,71)74-43-50(55(66)54(48)65)76-56(45)60-40-39-51(58)59-57(60)67/h23,27,35-40,44-48,50,54-56,61,65-66H,4-22,24-26,28-34,41-43H2,1-3H3,(H,68,69)(H,70,71)(H2,58,59,67)/t44?,45-,46-,47+,48-,50+,54-,55+,56+/m0/s1. The number of hydrogen-bond acceptors (Lipinski definition) is 17. The van der Waals surface area contributed by atoms with E-state index < -0.39 is 107 Å². The normalized spacial score (nSPS) is 26.9. The number of hydrogen-bond donors (Lipinski definition) is 6. The molecular weight excluding hydrogens is 1060 g/mol. The molecule has 20 nitrogen and oxygen atoms in total. The number of aliphatic hydroxyl groups is 3. The molecule has 1 aromatic heterocycles. The lowest BCUT2D eigenvalue weighted by molar-refractivity contribution is -0.167. The molecule has 0 aliphatic carbocycles. The molecule has 0 saturated carbocycles. The molecular formula is C57H97N3O17P2. The molecule has 0 radical (unpaired) electrons. The molecule has 0 saturated heterocycles. The zero-order valence-electron chi connectivity index (χ0n) is 47.4. The van der Waals surface area contributed by atoms with Crippen LogP contribution in [0.2, 0.25) is 0 Å². The molecule has 2 bridgehead atoms. The number of nitrogens with two attached hydrogens (primary N) is 1. The zero-order chi connectivity index (χ0) is 57.9. The summed E-state index contributed by atoms with van der Waals surface area (Å²) in [5.74, 6) is -3.78. The molecule has 3 heterocycles. The van der Waals surface area contributed by atoms with Gasteiger partial charge in [-0.15, -0.1) is 0 Å². The molecule has 0 aromatic carbocycles. The number of fused-ring (bicyclic) bond motifs is 3. The van der Waals surface area contributed by atoms with E-state index >= 15 is 0 Å². The SMILES string of the molecule is CCCCC[C@H](O)C=C[C@H]1C(=O)C=C[C@@H]2CC=CCCCC(=O)O[C@H](COC(=O)CCCCCCCCCCCCCCCCCCCCC(C)CC)COP(=O)(O)OP(=O)(O)OC[C@@H](O[C@H]2n2ccc(N)nc2=O)[C@@H](O)[C@H]1O. The highest BCUT2D eigenvalue weighted by Gasteiger charge is 2.42. The van der Waals surface area contributed by atoms with Crippen LogP contribution < -0.4 is 11.4 Å². The van der Waals surface area contributed by atoms with E-state index in [1.54, 1.807) is 12.2 Å². The fourth-order valence-electron chi connectivity index (χ4n) is 9.44. The third-order valence-corrected chi connectivity index (χ3v) is 17.1. The summed E-state index contributed by atoms with van der Waals surface area (Å²) in [6.45, 7) is 3.98. The smallest absolute Gasteiger partial charge is 0.462 e. The Morgan fingerprint density at radius 1 is 0.823 bits per heavy atom. The van der Waals surface area contributed by atoms with Gasteiger partial charge in [-0.25, -0.2) is 13.9 Å². The molecule has 0 fully saturated rings. The largest absolute Gasteiger partial charge is 0.481 e. The molecule has 7 N–H and O–H groups in total. The van der Waals surface area contributed by atoms with Crippen LogP contribution in [0.1, 0.15) is 213 Å². The summed E-state index contributed by atoms with van der Waals surface area (Å²) in [4.78, 5) is 78.1. The third kappa shape index (κ3) is 30.5. The maximum absolute atomic E-state index is 13.8. The molecule has 3 rings (SSSR count). The van der Waals surface area contributed by atoms with Crippen LogP contribution in [0.3, 0.4) is 0 Å². The zero-order valence-corrected chi connectivity index (χ0v) is 49.2. The number of nitrogen functional groups attached to an aromatic ring is 1. The van der Waals surface area contributed by atoms with Crippen molar-refractivity contribution in [3.63, 3.8) is 0 Å². The lowest BCUT2D eigenvalue weighted by Crippen LogP contribution is -2.49. The van der Waals surface area contributed by atoms with Gasteiger partial charge in [0.25, 0.3) is 0 Å². The van der Waals surface area contributed by atoms with Gasteiger partial charge < -0.3 is 45.1 Å². The summed E-state index contributed by atoms with van der Waals surface area (Å²) < 4.78 is 59.2. The number of unbranched alkanes of at least 4 members (excludes halogenated alkanes) is 19. The molecule has 1 aromatic rings. The minimum absolute atomic E-state index is 0.0535. The second-order valence-electron chi connectivity index (χ2n) is 21.4. The Kier molecular flexibility index (Phi) is 35.3. The summed E-state index contributed by atoms with van der Waals surface area (Å²) in [5.41, 5.74) is 4.84. The van der Waals surface area contributed by atoms with Crippen LogP contribution in [0.5, 0.6) is 0 Å². The number of aromatic nitrogens is 2. The van der Waals surface area contributed by atoms with E-state index in [1.807, 2.05) is 6.92 Å². The molecule has 452 valence electrons. The highest BCUT2D eigenvalue weighted by molar-refractivity contribution is 7.61. The number of rotatable bonds is 31. The molecule has 0 spiro atoms. The van der Waals surface area contributed by atoms with Crippen molar-refractivity contribution in [2.45, 2.75) is 244 Å². The number of allylic oxidation sites excluding steroid dienone is 3. The quantitative estimate of drug-likeness (QED) is 0.0174. The Labute approximate surface area is 469 Å². The van der Waals surface area contributed by atoms with Gasteiger partial charge >= 0.3 is 33.3 Å². The monoisotopic (exact) mass is 1160 g/mol. The Bertz CT molecular complexity index is 2140. The Balaban J connectivity index is 1.59. The topological polar surface area (TPSA) is 303 Å².